The van der Waals surface area contributed by atoms with Crippen LogP contribution in [0.15, 0.2) is 24.3 Å². The van der Waals surface area contributed by atoms with Gasteiger partial charge in [0.05, 0.1) is 6.04 Å². The van der Waals surface area contributed by atoms with Gasteiger partial charge in [-0.1, -0.05) is 0 Å². The molecular formula is C24H33N3O4. The van der Waals surface area contributed by atoms with Crippen LogP contribution in [0.2, 0.25) is 0 Å². The largest absolute Gasteiger partial charge is 0.484 e. The minimum absolute atomic E-state index is 0.0134. The molecule has 3 heterocycles. The third-order valence-corrected chi connectivity index (χ3v) is 6.95. The fourth-order valence-electron chi connectivity index (χ4n) is 5.24. The van der Waals surface area contributed by atoms with E-state index in [1.165, 1.54) is 0 Å². The summed E-state index contributed by atoms with van der Waals surface area (Å²) in [6.07, 6.45) is 5.63. The molecule has 168 valence electrons. The number of nitrogens with zero attached hydrogens (tertiary/aromatic N) is 3. The third kappa shape index (κ3) is 4.70. The summed E-state index contributed by atoms with van der Waals surface area (Å²) in [7, 11) is 0. The van der Waals surface area contributed by atoms with Gasteiger partial charge in [-0.3, -0.25) is 14.4 Å². The summed E-state index contributed by atoms with van der Waals surface area (Å²) in [5.41, 5.74) is 0.602. The number of carbonyl (C=O) groups excluding carboxylic acids is 3. The molecule has 3 atom stereocenters. The van der Waals surface area contributed by atoms with Gasteiger partial charge in [0.15, 0.2) is 6.61 Å². The summed E-state index contributed by atoms with van der Waals surface area (Å²) >= 11 is 0. The first-order valence-electron chi connectivity index (χ1n) is 11.6. The zero-order chi connectivity index (χ0) is 22.0. The standard InChI is InChI=1S/C24H33N3O4/c1-17-5-3-6-18(2)27(17)23(29)16-31-21-10-8-19(9-11-21)24(30)25-14-12-20(15-25)26-13-4-7-22(26)28/h8-11,17-18,20H,3-7,12-16H2,1-2H3. The van der Waals surface area contributed by atoms with Gasteiger partial charge >= 0.3 is 0 Å². The molecule has 3 amide bonds. The van der Waals surface area contributed by atoms with Crippen molar-refractivity contribution in [2.45, 2.75) is 70.5 Å². The minimum Gasteiger partial charge on any atom is -0.484 e. The number of rotatable bonds is 5. The molecule has 7 heteroatoms. The molecule has 3 saturated heterocycles. The van der Waals surface area contributed by atoms with Crippen LogP contribution in [-0.4, -0.2) is 76.8 Å². The highest BCUT2D eigenvalue weighted by Crippen LogP contribution is 2.24. The first-order valence-corrected chi connectivity index (χ1v) is 11.6. The molecule has 4 rings (SSSR count). The zero-order valence-corrected chi connectivity index (χ0v) is 18.6. The van der Waals surface area contributed by atoms with Crippen LogP contribution < -0.4 is 4.74 Å². The molecule has 0 bridgehead atoms. The Morgan fingerprint density at radius 2 is 1.71 bits per heavy atom. The Labute approximate surface area is 184 Å². The third-order valence-electron chi connectivity index (χ3n) is 6.95. The van der Waals surface area contributed by atoms with E-state index in [0.717, 1.165) is 38.6 Å². The van der Waals surface area contributed by atoms with Crippen molar-refractivity contribution in [2.24, 2.45) is 0 Å². The van der Waals surface area contributed by atoms with Crippen molar-refractivity contribution in [2.75, 3.05) is 26.2 Å². The molecular weight excluding hydrogens is 394 g/mol. The van der Waals surface area contributed by atoms with Gasteiger partial charge in [0, 0.05) is 43.7 Å². The monoisotopic (exact) mass is 427 g/mol. The van der Waals surface area contributed by atoms with Crippen LogP contribution in [0.3, 0.4) is 0 Å². The fraction of sp³-hybridized carbons (Fsp3) is 0.625. The van der Waals surface area contributed by atoms with Gasteiger partial charge in [-0.2, -0.15) is 0 Å². The highest BCUT2D eigenvalue weighted by Gasteiger charge is 2.35. The van der Waals surface area contributed by atoms with Crippen LogP contribution in [0.1, 0.15) is 62.7 Å². The Morgan fingerprint density at radius 3 is 2.35 bits per heavy atom. The van der Waals surface area contributed by atoms with Gasteiger partial charge < -0.3 is 19.4 Å². The predicted molar refractivity (Wildman–Crippen MR) is 117 cm³/mol. The number of piperidine rings is 1. The molecule has 3 unspecified atom stereocenters. The molecule has 0 spiro atoms. The first-order chi connectivity index (χ1) is 14.9. The summed E-state index contributed by atoms with van der Waals surface area (Å²) in [6.45, 7) is 6.29. The molecule has 1 aromatic rings. The Balaban J connectivity index is 1.29. The van der Waals surface area contributed by atoms with Gasteiger partial charge in [0.25, 0.3) is 11.8 Å². The first kappa shape index (κ1) is 21.7. The molecule has 0 N–H and O–H groups in total. The lowest BCUT2D eigenvalue weighted by molar-refractivity contribution is -0.139. The van der Waals surface area contributed by atoms with E-state index < -0.39 is 0 Å². The zero-order valence-electron chi connectivity index (χ0n) is 18.6. The number of amides is 3. The van der Waals surface area contributed by atoms with Crippen LogP contribution in [0.4, 0.5) is 0 Å². The van der Waals surface area contributed by atoms with E-state index in [9.17, 15) is 14.4 Å². The molecule has 31 heavy (non-hydrogen) atoms. The van der Waals surface area contributed by atoms with E-state index in [-0.39, 0.29) is 42.5 Å². The Kier molecular flexibility index (Phi) is 6.49. The van der Waals surface area contributed by atoms with E-state index in [1.807, 2.05) is 14.7 Å². The van der Waals surface area contributed by atoms with Crippen molar-refractivity contribution in [3.8, 4) is 5.75 Å². The number of likely N-dealkylation sites (tertiary alicyclic amines) is 3. The summed E-state index contributed by atoms with van der Waals surface area (Å²) in [6, 6.07) is 7.65. The molecule has 3 fully saturated rings. The molecule has 0 radical (unpaired) electrons. The number of hydrogen-bond donors (Lipinski definition) is 0. The van der Waals surface area contributed by atoms with Crippen LogP contribution >= 0.6 is 0 Å². The lowest BCUT2D eigenvalue weighted by atomic mass is 9.97. The average Bonchev–Trinajstić information content (AvgIpc) is 3.41. The van der Waals surface area contributed by atoms with Gasteiger partial charge in [0.1, 0.15) is 5.75 Å². The highest BCUT2D eigenvalue weighted by atomic mass is 16.5. The topological polar surface area (TPSA) is 70.2 Å². The number of carbonyl (C=O) groups is 3. The van der Waals surface area contributed by atoms with Crippen molar-refractivity contribution in [1.82, 2.24) is 14.7 Å². The second-order valence-electron chi connectivity index (χ2n) is 9.13. The van der Waals surface area contributed by atoms with Crippen molar-refractivity contribution in [1.29, 1.82) is 0 Å². The summed E-state index contributed by atoms with van der Waals surface area (Å²) < 4.78 is 5.71. The maximum atomic E-state index is 12.9. The van der Waals surface area contributed by atoms with Gasteiger partial charge in [0.2, 0.25) is 5.91 Å². The van der Waals surface area contributed by atoms with E-state index in [4.69, 9.17) is 4.74 Å². The molecule has 0 aliphatic carbocycles. The average molecular weight is 428 g/mol. The van der Waals surface area contributed by atoms with E-state index in [2.05, 4.69) is 13.8 Å². The van der Waals surface area contributed by atoms with Crippen molar-refractivity contribution in [3.63, 3.8) is 0 Å². The van der Waals surface area contributed by atoms with E-state index in [0.29, 0.717) is 30.8 Å². The number of hydrogen-bond acceptors (Lipinski definition) is 4. The molecule has 3 aliphatic heterocycles. The molecule has 3 aliphatic rings. The van der Waals surface area contributed by atoms with Crippen molar-refractivity contribution in [3.05, 3.63) is 29.8 Å². The maximum absolute atomic E-state index is 12.9. The van der Waals surface area contributed by atoms with Crippen LogP contribution in [-0.2, 0) is 9.59 Å². The maximum Gasteiger partial charge on any atom is 0.260 e. The second kappa shape index (κ2) is 9.28. The van der Waals surface area contributed by atoms with E-state index in [1.54, 1.807) is 24.3 Å². The molecule has 7 nitrogen and oxygen atoms in total. The lowest BCUT2D eigenvalue weighted by Gasteiger charge is -2.38. The van der Waals surface area contributed by atoms with Crippen LogP contribution in [0.25, 0.3) is 0 Å². The SMILES string of the molecule is CC1CCCC(C)N1C(=O)COc1ccc(C(=O)N2CCC(N3CCCC3=O)C2)cc1. The summed E-state index contributed by atoms with van der Waals surface area (Å²) in [5, 5.41) is 0. The Morgan fingerprint density at radius 1 is 1.00 bits per heavy atom. The summed E-state index contributed by atoms with van der Waals surface area (Å²) in [4.78, 5) is 43.2. The lowest BCUT2D eigenvalue weighted by Crippen LogP contribution is -2.49. The second-order valence-corrected chi connectivity index (χ2v) is 9.13. The molecule has 1 aromatic carbocycles. The Bertz CT molecular complexity index is 815. The molecule has 0 aromatic heterocycles. The highest BCUT2D eigenvalue weighted by molar-refractivity contribution is 5.94. The van der Waals surface area contributed by atoms with Crippen molar-refractivity contribution >= 4 is 17.7 Å². The van der Waals surface area contributed by atoms with Gasteiger partial charge in [-0.15, -0.1) is 0 Å². The minimum atomic E-state index is -0.0206. The predicted octanol–water partition coefficient (Wildman–Crippen LogP) is 2.69. The smallest absolute Gasteiger partial charge is 0.260 e. The molecule has 0 saturated carbocycles. The quantitative estimate of drug-likeness (QED) is 0.725. The van der Waals surface area contributed by atoms with Gasteiger partial charge in [-0.05, 0) is 70.2 Å². The summed E-state index contributed by atoms with van der Waals surface area (Å²) in [5.74, 6) is 0.792. The van der Waals surface area contributed by atoms with E-state index >= 15 is 0 Å². The number of ether oxygens (including phenoxy) is 1. The number of benzene rings is 1. The Hall–Kier alpha value is -2.57. The van der Waals surface area contributed by atoms with Crippen molar-refractivity contribution < 1.29 is 19.1 Å². The fourth-order valence-corrected chi connectivity index (χ4v) is 5.24. The van der Waals surface area contributed by atoms with Crippen LogP contribution in [0.5, 0.6) is 5.75 Å². The van der Waals surface area contributed by atoms with Crippen LogP contribution in [0, 0.1) is 0 Å². The normalized spacial score (nSPS) is 26.5. The van der Waals surface area contributed by atoms with Gasteiger partial charge in [-0.25, -0.2) is 0 Å².